The van der Waals surface area contributed by atoms with Gasteiger partial charge in [-0.3, -0.25) is 9.59 Å². The van der Waals surface area contributed by atoms with Gasteiger partial charge in [0, 0.05) is 17.6 Å². The van der Waals surface area contributed by atoms with Crippen LogP contribution in [0.2, 0.25) is 5.02 Å². The molecule has 0 aliphatic carbocycles. The van der Waals surface area contributed by atoms with Crippen LogP contribution in [0, 0.1) is 6.92 Å². The summed E-state index contributed by atoms with van der Waals surface area (Å²) in [4.78, 5) is 26.9. The summed E-state index contributed by atoms with van der Waals surface area (Å²) in [6.07, 6.45) is 0. The van der Waals surface area contributed by atoms with Crippen molar-refractivity contribution < 1.29 is 9.21 Å². The largest absolute Gasteiger partial charge is 0.451 e. The number of carbonyl (C=O) groups excluding carboxylic acids is 1. The SMILES string of the molecule is Cc1cc2oc(C(=O)NCC(c3ccccc3)N(C)C)cc(=O)c2cc1Cl. The highest BCUT2D eigenvalue weighted by Crippen LogP contribution is 2.22. The molecule has 3 rings (SSSR count). The maximum Gasteiger partial charge on any atom is 0.287 e. The minimum atomic E-state index is -0.426. The first-order valence-electron chi connectivity index (χ1n) is 8.60. The van der Waals surface area contributed by atoms with E-state index in [1.807, 2.05) is 56.3 Å². The fourth-order valence-electron chi connectivity index (χ4n) is 2.94. The Bertz CT molecular complexity index is 1030. The molecule has 1 unspecified atom stereocenters. The van der Waals surface area contributed by atoms with Gasteiger partial charge in [-0.05, 0) is 44.3 Å². The van der Waals surface area contributed by atoms with Gasteiger partial charge >= 0.3 is 0 Å². The number of nitrogens with zero attached hydrogens (tertiary/aromatic N) is 1. The van der Waals surface area contributed by atoms with Crippen LogP contribution in [0.15, 0.2) is 57.7 Å². The number of benzene rings is 2. The first kappa shape index (κ1) is 19.1. The summed E-state index contributed by atoms with van der Waals surface area (Å²) < 4.78 is 5.65. The minimum Gasteiger partial charge on any atom is -0.451 e. The summed E-state index contributed by atoms with van der Waals surface area (Å²) in [7, 11) is 3.90. The second-order valence-electron chi connectivity index (χ2n) is 6.67. The number of aryl methyl sites for hydroxylation is 1. The molecule has 3 aromatic rings. The van der Waals surface area contributed by atoms with Crippen molar-refractivity contribution in [3.63, 3.8) is 0 Å². The molecule has 2 aromatic carbocycles. The van der Waals surface area contributed by atoms with Crippen LogP contribution in [0.25, 0.3) is 11.0 Å². The quantitative estimate of drug-likeness (QED) is 0.727. The van der Waals surface area contributed by atoms with Gasteiger partial charge in [0.1, 0.15) is 5.58 Å². The Morgan fingerprint density at radius 1 is 1.19 bits per heavy atom. The van der Waals surface area contributed by atoms with E-state index in [0.717, 1.165) is 11.1 Å². The number of hydrogen-bond acceptors (Lipinski definition) is 4. The Labute approximate surface area is 162 Å². The van der Waals surface area contributed by atoms with Crippen molar-refractivity contribution in [3.8, 4) is 0 Å². The molecule has 0 saturated carbocycles. The Balaban J connectivity index is 1.83. The molecule has 1 aromatic heterocycles. The lowest BCUT2D eigenvalue weighted by atomic mass is 10.1. The third-order valence-corrected chi connectivity index (χ3v) is 4.90. The topological polar surface area (TPSA) is 62.6 Å². The fraction of sp³-hybridized carbons (Fsp3) is 0.238. The highest BCUT2D eigenvalue weighted by molar-refractivity contribution is 6.32. The van der Waals surface area contributed by atoms with Crippen molar-refractivity contribution in [1.82, 2.24) is 10.2 Å². The van der Waals surface area contributed by atoms with E-state index in [-0.39, 0.29) is 17.2 Å². The Kier molecular flexibility index (Phi) is 5.63. The van der Waals surface area contributed by atoms with Crippen LogP contribution in [0.4, 0.5) is 0 Å². The summed E-state index contributed by atoms with van der Waals surface area (Å²) in [5, 5.41) is 3.71. The molecule has 0 spiro atoms. The van der Waals surface area contributed by atoms with E-state index in [9.17, 15) is 9.59 Å². The summed E-state index contributed by atoms with van der Waals surface area (Å²) in [6.45, 7) is 2.20. The van der Waals surface area contributed by atoms with Crippen LogP contribution < -0.4 is 10.7 Å². The lowest BCUT2D eigenvalue weighted by Crippen LogP contribution is -2.34. The van der Waals surface area contributed by atoms with Crippen molar-refractivity contribution in [1.29, 1.82) is 0 Å². The Morgan fingerprint density at radius 3 is 2.56 bits per heavy atom. The number of amides is 1. The van der Waals surface area contributed by atoms with E-state index < -0.39 is 5.91 Å². The summed E-state index contributed by atoms with van der Waals surface area (Å²) in [5.41, 5.74) is 1.92. The summed E-state index contributed by atoms with van der Waals surface area (Å²) >= 11 is 6.07. The molecule has 5 nitrogen and oxygen atoms in total. The lowest BCUT2D eigenvalue weighted by molar-refractivity contribution is 0.0914. The third-order valence-electron chi connectivity index (χ3n) is 4.50. The van der Waals surface area contributed by atoms with E-state index in [0.29, 0.717) is 22.5 Å². The minimum absolute atomic E-state index is 0.00313. The number of hydrogen-bond donors (Lipinski definition) is 1. The average Bonchev–Trinajstić information content (AvgIpc) is 2.64. The molecule has 1 heterocycles. The molecule has 6 heteroatoms. The smallest absolute Gasteiger partial charge is 0.287 e. The summed E-state index contributed by atoms with van der Waals surface area (Å²) in [6, 6.07) is 14.3. The van der Waals surface area contributed by atoms with Crippen LogP contribution in [0.5, 0.6) is 0 Å². The first-order chi connectivity index (χ1) is 12.9. The standard InChI is InChI=1S/C21H21ClN2O3/c1-13-9-19-15(10-16(13)22)18(25)11-20(27-19)21(26)23-12-17(24(2)3)14-7-5-4-6-8-14/h4-11,17H,12H2,1-3H3,(H,23,26). The molecule has 1 amide bonds. The number of fused-ring (bicyclic) bond motifs is 1. The maximum absolute atomic E-state index is 12.6. The van der Waals surface area contributed by atoms with Gasteiger partial charge in [0.25, 0.3) is 5.91 Å². The number of nitrogens with one attached hydrogen (secondary N) is 1. The van der Waals surface area contributed by atoms with Crippen LogP contribution in [-0.4, -0.2) is 31.4 Å². The highest BCUT2D eigenvalue weighted by atomic mass is 35.5. The van der Waals surface area contributed by atoms with Crippen LogP contribution in [0.1, 0.15) is 27.7 Å². The Hall–Kier alpha value is -2.63. The van der Waals surface area contributed by atoms with Crippen molar-refractivity contribution >= 4 is 28.5 Å². The molecule has 0 aliphatic rings. The number of rotatable bonds is 5. The zero-order chi connectivity index (χ0) is 19.6. The van der Waals surface area contributed by atoms with E-state index in [1.165, 1.54) is 6.07 Å². The molecule has 27 heavy (non-hydrogen) atoms. The van der Waals surface area contributed by atoms with Crippen LogP contribution in [0.3, 0.4) is 0 Å². The second-order valence-corrected chi connectivity index (χ2v) is 7.08. The van der Waals surface area contributed by atoms with Gasteiger partial charge in [-0.25, -0.2) is 0 Å². The van der Waals surface area contributed by atoms with Gasteiger partial charge in [0.2, 0.25) is 0 Å². The van der Waals surface area contributed by atoms with Crippen molar-refractivity contribution in [2.24, 2.45) is 0 Å². The predicted molar refractivity (Wildman–Crippen MR) is 107 cm³/mol. The fourth-order valence-corrected chi connectivity index (χ4v) is 3.10. The lowest BCUT2D eigenvalue weighted by Gasteiger charge is -2.25. The van der Waals surface area contributed by atoms with Gasteiger partial charge in [-0.15, -0.1) is 0 Å². The number of halogens is 1. The first-order valence-corrected chi connectivity index (χ1v) is 8.98. The molecule has 0 radical (unpaired) electrons. The molecule has 0 bridgehead atoms. The molecular formula is C21H21ClN2O3. The normalized spacial score (nSPS) is 12.3. The monoisotopic (exact) mass is 384 g/mol. The second kappa shape index (κ2) is 7.94. The van der Waals surface area contributed by atoms with Gasteiger partial charge in [0.05, 0.1) is 11.4 Å². The molecule has 0 saturated heterocycles. The molecule has 0 fully saturated rings. The van der Waals surface area contributed by atoms with Gasteiger partial charge < -0.3 is 14.6 Å². The molecule has 1 N–H and O–H groups in total. The van der Waals surface area contributed by atoms with E-state index in [1.54, 1.807) is 12.1 Å². The van der Waals surface area contributed by atoms with Gasteiger partial charge in [-0.2, -0.15) is 0 Å². The van der Waals surface area contributed by atoms with Crippen LogP contribution >= 0.6 is 11.6 Å². The van der Waals surface area contributed by atoms with Crippen molar-refractivity contribution in [2.45, 2.75) is 13.0 Å². The molecule has 140 valence electrons. The van der Waals surface area contributed by atoms with Crippen molar-refractivity contribution in [2.75, 3.05) is 20.6 Å². The molecule has 0 aliphatic heterocycles. The van der Waals surface area contributed by atoms with E-state index in [4.69, 9.17) is 16.0 Å². The van der Waals surface area contributed by atoms with Gasteiger partial charge in [0.15, 0.2) is 11.2 Å². The Morgan fingerprint density at radius 2 is 1.89 bits per heavy atom. The van der Waals surface area contributed by atoms with Crippen LogP contribution in [-0.2, 0) is 0 Å². The average molecular weight is 385 g/mol. The predicted octanol–water partition coefficient (Wildman–Crippen LogP) is 3.79. The van der Waals surface area contributed by atoms with E-state index in [2.05, 4.69) is 5.32 Å². The molecule has 1 atom stereocenters. The van der Waals surface area contributed by atoms with Gasteiger partial charge in [-0.1, -0.05) is 41.9 Å². The zero-order valence-electron chi connectivity index (χ0n) is 15.5. The third kappa shape index (κ3) is 4.21. The zero-order valence-corrected chi connectivity index (χ0v) is 16.2. The molecular weight excluding hydrogens is 364 g/mol. The summed E-state index contributed by atoms with van der Waals surface area (Å²) in [5.74, 6) is -0.441. The number of likely N-dealkylation sites (N-methyl/N-ethyl adjacent to an activating group) is 1. The van der Waals surface area contributed by atoms with E-state index >= 15 is 0 Å². The highest BCUT2D eigenvalue weighted by Gasteiger charge is 2.18. The van der Waals surface area contributed by atoms with Crippen molar-refractivity contribution in [3.05, 3.63) is 80.7 Å². The number of carbonyl (C=O) groups is 1. The maximum atomic E-state index is 12.6.